The number of pyridine rings is 1. The number of benzene rings is 1. The zero-order chi connectivity index (χ0) is 16.2. The first-order valence-electron chi connectivity index (χ1n) is 6.74. The molecule has 0 bridgehead atoms. The molecule has 0 aliphatic carbocycles. The summed E-state index contributed by atoms with van der Waals surface area (Å²) < 4.78 is 11.4. The van der Waals surface area contributed by atoms with Crippen molar-refractivity contribution in [3.05, 3.63) is 59.7 Å². The van der Waals surface area contributed by atoms with Crippen LogP contribution in [-0.4, -0.2) is 26.3 Å². The molecule has 5 nitrogen and oxygen atoms in total. The molecule has 0 fully saturated rings. The van der Waals surface area contributed by atoms with Crippen molar-refractivity contribution in [1.82, 2.24) is 9.97 Å². The van der Waals surface area contributed by atoms with E-state index in [4.69, 9.17) is 0 Å². The maximum atomic E-state index is 12.2. The number of anilines is 1. The number of aromatic nitrogens is 2. The first-order chi connectivity index (χ1) is 11.1. The Bertz CT molecular complexity index is 845. The van der Waals surface area contributed by atoms with Gasteiger partial charge in [0.1, 0.15) is 0 Å². The Hall–Kier alpha value is -2.38. The van der Waals surface area contributed by atoms with Gasteiger partial charge in [-0.25, -0.2) is 4.98 Å². The Labute approximate surface area is 139 Å². The zero-order valence-corrected chi connectivity index (χ0v) is 13.9. The van der Waals surface area contributed by atoms with Crippen LogP contribution < -0.4 is 5.32 Å². The van der Waals surface area contributed by atoms with Crippen molar-refractivity contribution < 1.29 is 9.00 Å². The maximum absolute atomic E-state index is 12.2. The van der Waals surface area contributed by atoms with E-state index >= 15 is 0 Å². The van der Waals surface area contributed by atoms with E-state index in [2.05, 4.69) is 15.3 Å². The number of carbonyl (C=O) groups is 1. The van der Waals surface area contributed by atoms with Crippen LogP contribution in [0.2, 0.25) is 0 Å². The van der Waals surface area contributed by atoms with E-state index in [1.807, 2.05) is 17.5 Å². The molecule has 116 valence electrons. The molecule has 1 unspecified atom stereocenters. The summed E-state index contributed by atoms with van der Waals surface area (Å²) >= 11 is 1.36. The molecule has 1 aromatic carbocycles. The Morgan fingerprint density at radius 2 is 2.00 bits per heavy atom. The lowest BCUT2D eigenvalue weighted by Crippen LogP contribution is -2.11. The number of hydrogen-bond donors (Lipinski definition) is 1. The van der Waals surface area contributed by atoms with E-state index in [1.54, 1.807) is 42.9 Å². The molecule has 2 heterocycles. The van der Waals surface area contributed by atoms with Crippen molar-refractivity contribution in [2.75, 3.05) is 11.6 Å². The van der Waals surface area contributed by atoms with Crippen LogP contribution in [0.1, 0.15) is 10.4 Å². The van der Waals surface area contributed by atoms with E-state index in [-0.39, 0.29) is 5.91 Å². The summed E-state index contributed by atoms with van der Waals surface area (Å²) in [5, 5.41) is 5.17. The van der Waals surface area contributed by atoms with Crippen LogP contribution >= 0.6 is 11.3 Å². The monoisotopic (exact) mass is 343 g/mol. The summed E-state index contributed by atoms with van der Waals surface area (Å²) in [5.74, 6) is -0.245. The highest BCUT2D eigenvalue weighted by atomic mass is 32.2. The van der Waals surface area contributed by atoms with Gasteiger partial charge < -0.3 is 0 Å². The van der Waals surface area contributed by atoms with Crippen molar-refractivity contribution >= 4 is 33.2 Å². The second-order valence-electron chi connectivity index (χ2n) is 4.71. The summed E-state index contributed by atoms with van der Waals surface area (Å²) in [4.78, 5) is 21.3. The second kappa shape index (κ2) is 6.80. The number of rotatable bonds is 4. The first kappa shape index (κ1) is 15.5. The Morgan fingerprint density at radius 1 is 1.22 bits per heavy atom. The molecule has 3 aromatic rings. The van der Waals surface area contributed by atoms with Crippen LogP contribution in [0.4, 0.5) is 5.13 Å². The van der Waals surface area contributed by atoms with Crippen LogP contribution in [0, 0.1) is 0 Å². The van der Waals surface area contributed by atoms with E-state index in [0.717, 1.165) is 11.3 Å². The zero-order valence-electron chi connectivity index (χ0n) is 12.2. The van der Waals surface area contributed by atoms with Gasteiger partial charge in [0, 0.05) is 50.9 Å². The van der Waals surface area contributed by atoms with Crippen LogP contribution in [0.25, 0.3) is 11.3 Å². The lowest BCUT2D eigenvalue weighted by molar-refractivity contribution is 0.102. The van der Waals surface area contributed by atoms with Gasteiger partial charge in [0.05, 0.1) is 5.69 Å². The fraction of sp³-hybridized carbons (Fsp3) is 0.0625. The third-order valence-corrected chi connectivity index (χ3v) is 4.82. The van der Waals surface area contributed by atoms with Crippen molar-refractivity contribution in [2.24, 2.45) is 0 Å². The Balaban J connectivity index is 1.73. The maximum Gasteiger partial charge on any atom is 0.257 e. The molecule has 7 heteroatoms. The van der Waals surface area contributed by atoms with Crippen LogP contribution in [0.5, 0.6) is 0 Å². The van der Waals surface area contributed by atoms with Crippen molar-refractivity contribution in [2.45, 2.75) is 4.90 Å². The summed E-state index contributed by atoms with van der Waals surface area (Å²) in [6.07, 6.45) is 5.03. The number of nitrogens with zero attached hydrogens (tertiary/aromatic N) is 2. The third-order valence-electron chi connectivity index (χ3n) is 3.13. The van der Waals surface area contributed by atoms with E-state index in [9.17, 15) is 9.00 Å². The molecule has 0 aliphatic heterocycles. The molecule has 0 saturated heterocycles. The molecule has 0 saturated carbocycles. The summed E-state index contributed by atoms with van der Waals surface area (Å²) in [6, 6.07) is 10.4. The average molecular weight is 343 g/mol. The van der Waals surface area contributed by atoms with Gasteiger partial charge in [0.15, 0.2) is 5.13 Å². The Morgan fingerprint density at radius 3 is 2.65 bits per heavy atom. The molecule has 1 amide bonds. The van der Waals surface area contributed by atoms with Gasteiger partial charge in [0.2, 0.25) is 0 Å². The van der Waals surface area contributed by atoms with Crippen molar-refractivity contribution in [3.8, 4) is 11.3 Å². The minimum Gasteiger partial charge on any atom is -0.298 e. The van der Waals surface area contributed by atoms with Gasteiger partial charge in [-0.3, -0.25) is 19.3 Å². The van der Waals surface area contributed by atoms with E-state index < -0.39 is 10.8 Å². The standard InChI is InChI=1S/C16H13N3O2S2/c1-23(21)13-6-4-11(5-7-13)15(20)19-16-18-14(10-22-16)12-3-2-8-17-9-12/h2-10H,1H3,(H,18,19,20). The van der Waals surface area contributed by atoms with Crippen molar-refractivity contribution in [1.29, 1.82) is 0 Å². The molecule has 3 rings (SSSR count). The number of hydrogen-bond acceptors (Lipinski definition) is 5. The SMILES string of the molecule is CS(=O)c1ccc(C(=O)Nc2nc(-c3cccnc3)cs2)cc1. The molecule has 1 atom stereocenters. The van der Waals surface area contributed by atoms with Crippen LogP contribution in [-0.2, 0) is 10.8 Å². The molecule has 0 spiro atoms. The smallest absolute Gasteiger partial charge is 0.257 e. The number of nitrogens with one attached hydrogen (secondary N) is 1. The molecular weight excluding hydrogens is 330 g/mol. The quantitative estimate of drug-likeness (QED) is 0.790. The van der Waals surface area contributed by atoms with Gasteiger partial charge in [0.25, 0.3) is 5.91 Å². The third kappa shape index (κ3) is 3.69. The summed E-state index contributed by atoms with van der Waals surface area (Å²) in [6.45, 7) is 0. The van der Waals surface area contributed by atoms with Crippen LogP contribution in [0.15, 0.2) is 59.1 Å². The summed E-state index contributed by atoms with van der Waals surface area (Å²) in [7, 11) is -1.05. The topological polar surface area (TPSA) is 72.0 Å². The lowest BCUT2D eigenvalue weighted by Gasteiger charge is -2.02. The summed E-state index contributed by atoms with van der Waals surface area (Å²) in [5.41, 5.74) is 2.17. The normalized spacial score (nSPS) is 11.9. The molecule has 1 N–H and O–H groups in total. The van der Waals surface area contributed by atoms with Gasteiger partial charge in [-0.1, -0.05) is 0 Å². The van der Waals surface area contributed by atoms with E-state index in [0.29, 0.717) is 15.6 Å². The average Bonchev–Trinajstić information content (AvgIpc) is 3.04. The highest BCUT2D eigenvalue weighted by molar-refractivity contribution is 7.84. The second-order valence-corrected chi connectivity index (χ2v) is 6.95. The predicted molar refractivity (Wildman–Crippen MR) is 92.1 cm³/mol. The van der Waals surface area contributed by atoms with E-state index in [1.165, 1.54) is 11.3 Å². The first-order valence-corrected chi connectivity index (χ1v) is 9.18. The molecule has 2 aromatic heterocycles. The van der Waals surface area contributed by atoms with Gasteiger partial charge in [-0.15, -0.1) is 11.3 Å². The highest BCUT2D eigenvalue weighted by Crippen LogP contribution is 2.24. The lowest BCUT2D eigenvalue weighted by atomic mass is 10.2. The highest BCUT2D eigenvalue weighted by Gasteiger charge is 2.10. The number of amides is 1. The molecule has 0 radical (unpaired) electrons. The fourth-order valence-corrected chi connectivity index (χ4v) is 3.18. The van der Waals surface area contributed by atoms with Crippen LogP contribution in [0.3, 0.4) is 0 Å². The number of thiazole rings is 1. The number of carbonyl (C=O) groups excluding carboxylic acids is 1. The van der Waals surface area contributed by atoms with Gasteiger partial charge >= 0.3 is 0 Å². The van der Waals surface area contributed by atoms with Crippen molar-refractivity contribution in [3.63, 3.8) is 0 Å². The molecule has 23 heavy (non-hydrogen) atoms. The minimum absolute atomic E-state index is 0.245. The molecular formula is C16H13N3O2S2. The Kier molecular flexibility index (Phi) is 4.59. The predicted octanol–water partition coefficient (Wildman–Crippen LogP) is 3.19. The molecule has 0 aliphatic rings. The van der Waals surface area contributed by atoms with Gasteiger partial charge in [-0.2, -0.15) is 0 Å². The fourth-order valence-electron chi connectivity index (χ4n) is 1.95. The minimum atomic E-state index is -1.05. The largest absolute Gasteiger partial charge is 0.298 e. The van der Waals surface area contributed by atoms with Gasteiger partial charge in [-0.05, 0) is 36.4 Å².